The van der Waals surface area contributed by atoms with Gasteiger partial charge < -0.3 is 5.11 Å². The Morgan fingerprint density at radius 2 is 2.05 bits per heavy atom. The molecular formula is C16H26N2O2. The van der Waals surface area contributed by atoms with Crippen molar-refractivity contribution in [3.63, 3.8) is 0 Å². The van der Waals surface area contributed by atoms with Crippen molar-refractivity contribution in [1.29, 1.82) is 0 Å². The summed E-state index contributed by atoms with van der Waals surface area (Å²) in [4.78, 5) is 11.8. The van der Waals surface area contributed by atoms with Gasteiger partial charge >= 0.3 is 5.97 Å². The fraction of sp³-hybridized carbons (Fsp3) is 0.750. The predicted molar refractivity (Wildman–Crippen MR) is 78.4 cm³/mol. The lowest BCUT2D eigenvalue weighted by Crippen LogP contribution is -2.40. The molecule has 1 aliphatic rings. The van der Waals surface area contributed by atoms with Crippen molar-refractivity contribution in [3.05, 3.63) is 18.0 Å². The van der Waals surface area contributed by atoms with E-state index in [1.807, 2.05) is 19.3 Å². The zero-order valence-electron chi connectivity index (χ0n) is 13.0. The van der Waals surface area contributed by atoms with Gasteiger partial charge in [-0.2, -0.15) is 5.10 Å². The summed E-state index contributed by atoms with van der Waals surface area (Å²) >= 11 is 0. The summed E-state index contributed by atoms with van der Waals surface area (Å²) in [6, 6.07) is 1.93. The molecular weight excluding hydrogens is 252 g/mol. The maximum atomic E-state index is 11.8. The molecule has 0 radical (unpaired) electrons. The van der Waals surface area contributed by atoms with E-state index in [1.165, 1.54) is 0 Å². The largest absolute Gasteiger partial charge is 0.481 e. The van der Waals surface area contributed by atoms with Crippen LogP contribution >= 0.6 is 0 Å². The molecule has 4 heteroatoms. The summed E-state index contributed by atoms with van der Waals surface area (Å²) in [5.74, 6) is -0.0331. The van der Waals surface area contributed by atoms with Crippen molar-refractivity contribution in [2.45, 2.75) is 52.9 Å². The highest BCUT2D eigenvalue weighted by molar-refractivity contribution is 5.75. The van der Waals surface area contributed by atoms with E-state index in [-0.39, 0.29) is 5.41 Å². The smallest absolute Gasteiger partial charge is 0.310 e. The topological polar surface area (TPSA) is 55.1 Å². The second-order valence-corrected chi connectivity index (χ2v) is 7.38. The van der Waals surface area contributed by atoms with E-state index in [2.05, 4.69) is 25.9 Å². The monoisotopic (exact) mass is 278 g/mol. The molecule has 1 N–H and O–H groups in total. The van der Waals surface area contributed by atoms with Crippen LogP contribution in [0.2, 0.25) is 0 Å². The first kappa shape index (κ1) is 15.1. The molecule has 1 aliphatic carbocycles. The lowest BCUT2D eigenvalue weighted by atomic mass is 9.62. The van der Waals surface area contributed by atoms with E-state index < -0.39 is 11.4 Å². The van der Waals surface area contributed by atoms with Crippen LogP contribution in [0.3, 0.4) is 0 Å². The summed E-state index contributed by atoms with van der Waals surface area (Å²) < 4.78 is 1.74. The van der Waals surface area contributed by atoms with E-state index in [4.69, 9.17) is 0 Å². The van der Waals surface area contributed by atoms with Gasteiger partial charge in [-0.1, -0.05) is 20.8 Å². The minimum Gasteiger partial charge on any atom is -0.481 e. The third-order valence-corrected chi connectivity index (χ3v) is 4.91. The van der Waals surface area contributed by atoms with Crippen molar-refractivity contribution >= 4 is 5.97 Å². The first-order valence-corrected chi connectivity index (χ1v) is 7.45. The number of carboxylic acid groups (broad SMARTS) is 1. The third-order valence-electron chi connectivity index (χ3n) is 4.91. The van der Waals surface area contributed by atoms with Gasteiger partial charge in [0, 0.05) is 19.7 Å². The highest BCUT2D eigenvalue weighted by atomic mass is 16.4. The summed E-state index contributed by atoms with van der Waals surface area (Å²) in [5, 5.41) is 14.1. The van der Waals surface area contributed by atoms with Gasteiger partial charge in [-0.3, -0.25) is 9.48 Å². The lowest BCUT2D eigenvalue weighted by molar-refractivity contribution is -0.152. The molecule has 1 aromatic heterocycles. The first-order valence-electron chi connectivity index (χ1n) is 7.45. The molecule has 0 unspecified atom stereocenters. The molecule has 0 amide bonds. The zero-order valence-corrected chi connectivity index (χ0v) is 13.0. The average molecular weight is 278 g/mol. The number of aromatic nitrogens is 2. The molecule has 0 aromatic carbocycles. The Morgan fingerprint density at radius 3 is 2.45 bits per heavy atom. The number of rotatable bonds is 3. The van der Waals surface area contributed by atoms with Crippen LogP contribution in [0.25, 0.3) is 0 Å². The van der Waals surface area contributed by atoms with Gasteiger partial charge in [0.25, 0.3) is 0 Å². The number of carbonyl (C=O) groups is 1. The Hall–Kier alpha value is -1.32. The van der Waals surface area contributed by atoms with Gasteiger partial charge in [-0.25, -0.2) is 0 Å². The summed E-state index contributed by atoms with van der Waals surface area (Å²) in [6.45, 7) is 6.76. The van der Waals surface area contributed by atoms with Crippen molar-refractivity contribution in [2.24, 2.45) is 23.8 Å². The Bertz CT molecular complexity index is 477. The highest BCUT2D eigenvalue weighted by Crippen LogP contribution is 2.46. The molecule has 0 saturated heterocycles. The summed E-state index contributed by atoms with van der Waals surface area (Å²) in [6.07, 6.45) is 5.97. The standard InChI is InChI=1S/C16H26N2O2/c1-15(2,3)12-5-8-16(9-6-12,14(19)20)11-13-7-10-18(4)17-13/h7,10,12H,5-6,8-9,11H2,1-4H3,(H,19,20). The number of aryl methyl sites for hydroxylation is 1. The Kier molecular flexibility index (Phi) is 3.94. The van der Waals surface area contributed by atoms with Gasteiger partial charge in [0.15, 0.2) is 0 Å². The van der Waals surface area contributed by atoms with Gasteiger partial charge in [-0.15, -0.1) is 0 Å². The Balaban J connectivity index is 2.11. The normalized spacial score (nSPS) is 27.5. The molecule has 20 heavy (non-hydrogen) atoms. The number of carboxylic acids is 1. The fourth-order valence-corrected chi connectivity index (χ4v) is 3.41. The van der Waals surface area contributed by atoms with E-state index >= 15 is 0 Å². The van der Waals surface area contributed by atoms with E-state index in [1.54, 1.807) is 4.68 Å². The van der Waals surface area contributed by atoms with Crippen LogP contribution in [-0.2, 0) is 18.3 Å². The summed E-state index contributed by atoms with van der Waals surface area (Å²) in [7, 11) is 1.87. The van der Waals surface area contributed by atoms with Gasteiger partial charge in [0.1, 0.15) is 0 Å². The van der Waals surface area contributed by atoms with E-state index in [9.17, 15) is 9.90 Å². The SMILES string of the molecule is Cn1ccc(CC2(C(=O)O)CCC(C(C)(C)C)CC2)n1. The molecule has 0 aliphatic heterocycles. The van der Waals surface area contributed by atoms with E-state index in [0.717, 1.165) is 31.4 Å². The van der Waals surface area contributed by atoms with Crippen LogP contribution < -0.4 is 0 Å². The first-order chi connectivity index (χ1) is 9.23. The third kappa shape index (κ3) is 3.05. The molecule has 1 fully saturated rings. The van der Waals surface area contributed by atoms with Crippen molar-refractivity contribution < 1.29 is 9.90 Å². The van der Waals surface area contributed by atoms with Crippen LogP contribution in [0.4, 0.5) is 0 Å². The molecule has 0 spiro atoms. The van der Waals surface area contributed by atoms with Crippen LogP contribution in [0.15, 0.2) is 12.3 Å². The van der Waals surface area contributed by atoms with Crippen LogP contribution in [-0.4, -0.2) is 20.9 Å². The average Bonchev–Trinajstić information content (AvgIpc) is 2.74. The Morgan fingerprint density at radius 1 is 1.45 bits per heavy atom. The Labute approximate surface area is 121 Å². The van der Waals surface area contributed by atoms with Crippen molar-refractivity contribution in [2.75, 3.05) is 0 Å². The molecule has 1 heterocycles. The summed E-state index contributed by atoms with van der Waals surface area (Å²) in [5.41, 5.74) is 0.551. The van der Waals surface area contributed by atoms with Crippen LogP contribution in [0, 0.1) is 16.7 Å². The second-order valence-electron chi connectivity index (χ2n) is 7.38. The van der Waals surface area contributed by atoms with Crippen LogP contribution in [0.1, 0.15) is 52.1 Å². The maximum absolute atomic E-state index is 11.8. The lowest BCUT2D eigenvalue weighted by Gasteiger charge is -2.41. The minimum absolute atomic E-state index is 0.273. The molecule has 4 nitrogen and oxygen atoms in total. The number of hydrogen-bond acceptors (Lipinski definition) is 2. The molecule has 112 valence electrons. The fourth-order valence-electron chi connectivity index (χ4n) is 3.41. The van der Waals surface area contributed by atoms with E-state index in [0.29, 0.717) is 12.3 Å². The van der Waals surface area contributed by atoms with Crippen molar-refractivity contribution in [1.82, 2.24) is 9.78 Å². The number of nitrogens with zero attached hydrogens (tertiary/aromatic N) is 2. The molecule has 2 rings (SSSR count). The number of hydrogen-bond donors (Lipinski definition) is 1. The molecule has 0 atom stereocenters. The van der Waals surface area contributed by atoms with Gasteiger partial charge in [0.05, 0.1) is 11.1 Å². The van der Waals surface area contributed by atoms with Gasteiger partial charge in [0.2, 0.25) is 0 Å². The quantitative estimate of drug-likeness (QED) is 0.923. The minimum atomic E-state index is -0.657. The van der Waals surface area contributed by atoms with Crippen molar-refractivity contribution in [3.8, 4) is 0 Å². The van der Waals surface area contributed by atoms with Crippen LogP contribution in [0.5, 0.6) is 0 Å². The zero-order chi connectivity index (χ0) is 15.0. The molecule has 1 saturated carbocycles. The molecule has 1 aromatic rings. The highest BCUT2D eigenvalue weighted by Gasteiger charge is 2.44. The van der Waals surface area contributed by atoms with Gasteiger partial charge in [-0.05, 0) is 43.1 Å². The number of aliphatic carboxylic acids is 1. The second kappa shape index (κ2) is 5.23. The maximum Gasteiger partial charge on any atom is 0.310 e. The predicted octanol–water partition coefficient (Wildman–Crippen LogP) is 3.27. The molecule has 0 bridgehead atoms.